The van der Waals surface area contributed by atoms with Crippen LogP contribution >= 0.6 is 11.3 Å². The summed E-state index contributed by atoms with van der Waals surface area (Å²) in [6.07, 6.45) is 0. The van der Waals surface area contributed by atoms with Crippen molar-refractivity contribution in [2.75, 3.05) is 11.9 Å². The zero-order valence-electron chi connectivity index (χ0n) is 19.1. The zero-order chi connectivity index (χ0) is 26.1. The van der Waals surface area contributed by atoms with Gasteiger partial charge in [-0.3, -0.25) is 14.9 Å². The molecule has 1 aliphatic heterocycles. The molecule has 1 amide bonds. The Bertz CT molecular complexity index is 1640. The van der Waals surface area contributed by atoms with Gasteiger partial charge in [-0.1, -0.05) is 0 Å². The second kappa shape index (κ2) is 9.74. The lowest BCUT2D eigenvalue weighted by atomic mass is 10.1. The van der Waals surface area contributed by atoms with Gasteiger partial charge in [0.1, 0.15) is 17.3 Å². The first kappa shape index (κ1) is 24.0. The second-order valence-electron chi connectivity index (χ2n) is 7.96. The molecule has 0 saturated heterocycles. The predicted molar refractivity (Wildman–Crippen MR) is 134 cm³/mol. The van der Waals surface area contributed by atoms with Crippen LogP contribution in [0.4, 0.5) is 25.8 Å². The number of anilines is 1. The van der Waals surface area contributed by atoms with Crippen molar-refractivity contribution in [3.63, 3.8) is 0 Å². The number of nitrogens with zero attached hydrogens (tertiary/aromatic N) is 4. The highest BCUT2D eigenvalue weighted by Crippen LogP contribution is 2.33. The van der Waals surface area contributed by atoms with Gasteiger partial charge in [0.2, 0.25) is 4.80 Å². The molecule has 1 N–H and O–H groups in total. The van der Waals surface area contributed by atoms with Gasteiger partial charge in [0, 0.05) is 29.1 Å². The number of thiazole rings is 1. The number of carbonyl (C=O) groups is 1. The largest absolute Gasteiger partial charge is 0.482 e. The Hall–Kier alpha value is -4.71. The van der Waals surface area contributed by atoms with Gasteiger partial charge in [0.05, 0.1) is 22.0 Å². The maximum absolute atomic E-state index is 14.4. The molecule has 0 saturated carbocycles. The minimum atomic E-state index is -0.828. The molecule has 12 heteroatoms. The highest BCUT2D eigenvalue weighted by atomic mass is 32.1. The Labute approximate surface area is 212 Å². The van der Waals surface area contributed by atoms with E-state index in [-0.39, 0.29) is 23.9 Å². The molecule has 37 heavy (non-hydrogen) atoms. The van der Waals surface area contributed by atoms with Crippen LogP contribution in [0.5, 0.6) is 5.75 Å². The molecule has 0 spiro atoms. The second-order valence-corrected chi connectivity index (χ2v) is 8.80. The third kappa shape index (κ3) is 5.00. The van der Waals surface area contributed by atoms with E-state index in [1.807, 2.05) is 0 Å². The minimum Gasteiger partial charge on any atom is -0.482 e. The highest BCUT2D eigenvalue weighted by Gasteiger charge is 2.18. The highest BCUT2D eigenvalue weighted by molar-refractivity contribution is 7.07. The number of benzene rings is 3. The average Bonchev–Trinajstić information content (AvgIpc) is 3.27. The summed E-state index contributed by atoms with van der Waals surface area (Å²) in [5.74, 6) is -1.31. The normalized spacial score (nSPS) is 13.6. The number of amides is 1. The molecule has 4 aromatic rings. The van der Waals surface area contributed by atoms with Crippen LogP contribution in [0.3, 0.4) is 0 Å². The summed E-state index contributed by atoms with van der Waals surface area (Å²) in [5, 5.41) is 20.2. The number of aromatic nitrogens is 1. The number of carbonyl (C=O) groups excluding carboxylic acids is 1. The Balaban J connectivity index is 1.65. The lowest BCUT2D eigenvalue weighted by molar-refractivity contribution is -0.384. The summed E-state index contributed by atoms with van der Waals surface area (Å²) >= 11 is 1.18. The minimum absolute atomic E-state index is 0.0544. The molecule has 3 aromatic carbocycles. The van der Waals surface area contributed by atoms with Crippen molar-refractivity contribution in [1.82, 2.24) is 4.68 Å². The Morgan fingerprint density at radius 1 is 1.14 bits per heavy atom. The summed E-state index contributed by atoms with van der Waals surface area (Å²) in [7, 11) is 0. The molecular formula is C25H17F2N5O4S. The first-order valence-electron chi connectivity index (χ1n) is 10.9. The standard InChI is InChI=1S/C25H17F2N5O4S/c1-14(15-2-6-18(7-3-15)32(34)35)30-31-22(16-4-9-23-21(10-16)28-24(33)12-36-23)13-37-25(31)29-20-8-5-17(26)11-19(20)27/h2-11,13H,12H2,1H3,(H,28,33). The van der Waals surface area contributed by atoms with E-state index >= 15 is 0 Å². The Morgan fingerprint density at radius 3 is 2.65 bits per heavy atom. The third-order valence-electron chi connectivity index (χ3n) is 5.47. The van der Waals surface area contributed by atoms with Crippen LogP contribution in [0.2, 0.25) is 0 Å². The molecular weight excluding hydrogens is 504 g/mol. The molecule has 0 fully saturated rings. The van der Waals surface area contributed by atoms with Gasteiger partial charge in [-0.2, -0.15) is 5.10 Å². The summed E-state index contributed by atoms with van der Waals surface area (Å²) in [4.78, 5) is 27.0. The van der Waals surface area contributed by atoms with Gasteiger partial charge in [-0.05, 0) is 55.0 Å². The smallest absolute Gasteiger partial charge is 0.269 e. The van der Waals surface area contributed by atoms with Crippen molar-refractivity contribution < 1.29 is 23.2 Å². The van der Waals surface area contributed by atoms with E-state index in [1.54, 1.807) is 42.6 Å². The first-order valence-corrected chi connectivity index (χ1v) is 11.7. The predicted octanol–water partition coefficient (Wildman–Crippen LogP) is 5.24. The molecule has 1 aromatic heterocycles. The van der Waals surface area contributed by atoms with E-state index in [0.717, 1.165) is 12.1 Å². The number of hydrogen-bond donors (Lipinski definition) is 1. The SMILES string of the molecule is CC(=Nn1c(-c2ccc3c(c2)NC(=O)CO3)csc1=Nc1ccc(F)cc1F)c1ccc([N+](=O)[O-])cc1. The summed E-state index contributed by atoms with van der Waals surface area (Å²) in [6.45, 7) is 1.65. The number of rotatable bonds is 5. The van der Waals surface area contributed by atoms with Crippen LogP contribution in [0.15, 0.2) is 76.1 Å². The average molecular weight is 522 g/mol. The number of hydrogen-bond acceptors (Lipinski definition) is 7. The fourth-order valence-electron chi connectivity index (χ4n) is 3.62. The molecule has 0 aliphatic carbocycles. The lowest BCUT2D eigenvalue weighted by Gasteiger charge is -2.18. The zero-order valence-corrected chi connectivity index (χ0v) is 20.0. The lowest BCUT2D eigenvalue weighted by Crippen LogP contribution is -2.25. The number of nitro groups is 1. The van der Waals surface area contributed by atoms with Gasteiger partial charge < -0.3 is 10.1 Å². The third-order valence-corrected chi connectivity index (χ3v) is 6.28. The van der Waals surface area contributed by atoms with Crippen molar-refractivity contribution in [1.29, 1.82) is 0 Å². The fraction of sp³-hybridized carbons (Fsp3) is 0.0800. The van der Waals surface area contributed by atoms with Crippen LogP contribution in [-0.4, -0.2) is 27.8 Å². The van der Waals surface area contributed by atoms with E-state index in [1.165, 1.54) is 34.2 Å². The monoisotopic (exact) mass is 521 g/mol. The van der Waals surface area contributed by atoms with Gasteiger partial charge >= 0.3 is 0 Å². The van der Waals surface area contributed by atoms with E-state index < -0.39 is 16.6 Å². The fourth-order valence-corrected chi connectivity index (χ4v) is 4.46. The number of halogens is 2. The van der Waals surface area contributed by atoms with Gasteiger partial charge in [0.15, 0.2) is 12.4 Å². The van der Waals surface area contributed by atoms with Crippen LogP contribution < -0.4 is 14.9 Å². The van der Waals surface area contributed by atoms with E-state index in [0.29, 0.717) is 38.8 Å². The summed E-state index contributed by atoms with van der Waals surface area (Å²) in [6, 6.07) is 14.2. The summed E-state index contributed by atoms with van der Waals surface area (Å²) < 4.78 is 34.7. The van der Waals surface area contributed by atoms with Crippen molar-refractivity contribution in [2.45, 2.75) is 6.92 Å². The summed E-state index contributed by atoms with van der Waals surface area (Å²) in [5.41, 5.74) is 2.74. The first-order chi connectivity index (χ1) is 17.8. The number of non-ortho nitro benzene ring substituents is 1. The maximum atomic E-state index is 14.4. The topological polar surface area (TPSA) is 111 Å². The van der Waals surface area contributed by atoms with Crippen LogP contribution in [-0.2, 0) is 4.79 Å². The van der Waals surface area contributed by atoms with Crippen LogP contribution in [0, 0.1) is 21.7 Å². The van der Waals surface area contributed by atoms with Crippen LogP contribution in [0.25, 0.3) is 11.3 Å². The number of ether oxygens (including phenoxy) is 1. The van der Waals surface area contributed by atoms with E-state index in [2.05, 4.69) is 15.4 Å². The van der Waals surface area contributed by atoms with Crippen molar-refractivity contribution in [3.8, 4) is 17.0 Å². The molecule has 0 unspecified atom stereocenters. The molecule has 9 nitrogen and oxygen atoms in total. The molecule has 186 valence electrons. The van der Waals surface area contributed by atoms with Gasteiger partial charge in [0.25, 0.3) is 11.6 Å². The van der Waals surface area contributed by atoms with Crippen molar-refractivity contribution in [2.24, 2.45) is 10.1 Å². The molecule has 2 heterocycles. The van der Waals surface area contributed by atoms with Crippen molar-refractivity contribution in [3.05, 3.63) is 98.2 Å². The molecule has 0 atom stereocenters. The molecule has 0 bridgehead atoms. The van der Waals surface area contributed by atoms with E-state index in [9.17, 15) is 23.7 Å². The van der Waals surface area contributed by atoms with Gasteiger partial charge in [-0.25, -0.2) is 18.4 Å². The number of fused-ring (bicyclic) bond motifs is 1. The van der Waals surface area contributed by atoms with Crippen LogP contribution in [0.1, 0.15) is 12.5 Å². The Morgan fingerprint density at radius 2 is 1.92 bits per heavy atom. The quantitative estimate of drug-likeness (QED) is 0.220. The maximum Gasteiger partial charge on any atom is 0.269 e. The number of nitrogens with one attached hydrogen (secondary N) is 1. The molecule has 5 rings (SSSR count). The molecule has 0 radical (unpaired) electrons. The Kier molecular flexibility index (Phi) is 6.32. The number of nitro benzene ring substituents is 1. The van der Waals surface area contributed by atoms with Gasteiger partial charge in [-0.15, -0.1) is 11.3 Å². The van der Waals surface area contributed by atoms with E-state index in [4.69, 9.17) is 4.74 Å². The molecule has 1 aliphatic rings. The van der Waals surface area contributed by atoms with Crippen molar-refractivity contribution >= 4 is 40.0 Å².